The van der Waals surface area contributed by atoms with Gasteiger partial charge in [0, 0.05) is 4.88 Å². The van der Waals surface area contributed by atoms with Crippen molar-refractivity contribution in [1.29, 1.82) is 0 Å². The van der Waals surface area contributed by atoms with E-state index in [1.165, 1.54) is 11.3 Å². The first-order chi connectivity index (χ1) is 6.54. The van der Waals surface area contributed by atoms with Gasteiger partial charge in [0.15, 0.2) is 5.13 Å². The van der Waals surface area contributed by atoms with Crippen LogP contribution < -0.4 is 5.32 Å². The molecule has 78 valence electrons. The topological polar surface area (TPSA) is 42.0 Å². The molecule has 1 aromatic rings. The predicted molar refractivity (Wildman–Crippen MR) is 63.2 cm³/mol. The number of thiazole rings is 1. The summed E-state index contributed by atoms with van der Waals surface area (Å²) >= 11 is 4.80. The van der Waals surface area contributed by atoms with E-state index in [1.807, 2.05) is 20.8 Å². The molecule has 1 atom stereocenters. The minimum Gasteiger partial charge on any atom is -0.301 e. The summed E-state index contributed by atoms with van der Waals surface area (Å²) in [6.45, 7) is 5.89. The smallest absolute Gasteiger partial charge is 0.239 e. The lowest BCUT2D eigenvalue weighted by Gasteiger charge is -2.04. The number of hydrogen-bond donors (Lipinski definition) is 1. The van der Waals surface area contributed by atoms with Gasteiger partial charge in [-0.05, 0) is 20.3 Å². The Bertz CT molecular complexity index is 318. The summed E-state index contributed by atoms with van der Waals surface area (Å²) < 4.78 is 0. The molecule has 0 aliphatic rings. The molecule has 0 bridgehead atoms. The molecular weight excluding hydrogens is 264 g/mol. The highest BCUT2D eigenvalue weighted by Gasteiger charge is 2.14. The molecule has 1 aromatic heterocycles. The van der Waals surface area contributed by atoms with Gasteiger partial charge < -0.3 is 5.32 Å². The molecule has 1 amide bonds. The Morgan fingerprint density at radius 1 is 1.64 bits per heavy atom. The van der Waals surface area contributed by atoms with Crippen LogP contribution >= 0.6 is 27.3 Å². The molecule has 0 saturated carbocycles. The standard InChI is InChI=1S/C9H13BrN2OS/c1-4-7(10)8(13)12-9-11-5(2)6(3)14-9/h7H,4H2,1-3H3,(H,11,12,13)/t7-/m1/s1. The fourth-order valence-corrected chi connectivity index (χ4v) is 1.83. The molecular formula is C9H13BrN2OS. The Morgan fingerprint density at radius 3 is 2.71 bits per heavy atom. The van der Waals surface area contributed by atoms with Gasteiger partial charge in [0.05, 0.1) is 10.5 Å². The van der Waals surface area contributed by atoms with E-state index in [9.17, 15) is 4.79 Å². The lowest BCUT2D eigenvalue weighted by molar-refractivity contribution is -0.115. The van der Waals surface area contributed by atoms with E-state index in [4.69, 9.17) is 0 Å². The number of rotatable bonds is 3. The first-order valence-corrected chi connectivity index (χ1v) is 6.16. The highest BCUT2D eigenvalue weighted by molar-refractivity contribution is 9.10. The maximum atomic E-state index is 11.5. The molecule has 14 heavy (non-hydrogen) atoms. The second kappa shape index (κ2) is 4.89. The van der Waals surface area contributed by atoms with Gasteiger partial charge in [-0.25, -0.2) is 4.98 Å². The van der Waals surface area contributed by atoms with Gasteiger partial charge in [0.25, 0.3) is 0 Å². The van der Waals surface area contributed by atoms with Crippen molar-refractivity contribution in [3.05, 3.63) is 10.6 Å². The Labute approximate surface area is 96.1 Å². The lowest BCUT2D eigenvalue weighted by Crippen LogP contribution is -2.21. The van der Waals surface area contributed by atoms with Gasteiger partial charge in [-0.15, -0.1) is 11.3 Å². The van der Waals surface area contributed by atoms with Crippen LogP contribution in [0.4, 0.5) is 5.13 Å². The van der Waals surface area contributed by atoms with Crippen molar-refractivity contribution >= 4 is 38.3 Å². The second-order valence-electron chi connectivity index (χ2n) is 3.03. The third-order valence-electron chi connectivity index (χ3n) is 1.90. The average Bonchev–Trinajstić information content (AvgIpc) is 2.44. The van der Waals surface area contributed by atoms with Crippen molar-refractivity contribution < 1.29 is 4.79 Å². The first kappa shape index (κ1) is 11.7. The van der Waals surface area contributed by atoms with E-state index >= 15 is 0 Å². The van der Waals surface area contributed by atoms with Gasteiger partial charge in [-0.3, -0.25) is 4.79 Å². The summed E-state index contributed by atoms with van der Waals surface area (Å²) in [7, 11) is 0. The number of hydrogen-bond acceptors (Lipinski definition) is 3. The molecule has 0 radical (unpaired) electrons. The third-order valence-corrected chi connectivity index (χ3v) is 3.95. The van der Waals surface area contributed by atoms with E-state index < -0.39 is 0 Å². The number of alkyl halides is 1. The molecule has 0 aliphatic heterocycles. The quantitative estimate of drug-likeness (QED) is 0.863. The van der Waals surface area contributed by atoms with E-state index in [0.717, 1.165) is 17.0 Å². The highest BCUT2D eigenvalue weighted by Crippen LogP contribution is 2.21. The molecule has 1 rings (SSSR count). The van der Waals surface area contributed by atoms with Crippen LogP contribution in [0.3, 0.4) is 0 Å². The van der Waals surface area contributed by atoms with Crippen LogP contribution in [0.25, 0.3) is 0 Å². The van der Waals surface area contributed by atoms with E-state index in [1.54, 1.807) is 0 Å². The van der Waals surface area contributed by atoms with Crippen LogP contribution in [0.1, 0.15) is 23.9 Å². The fourth-order valence-electron chi connectivity index (χ4n) is 0.895. The summed E-state index contributed by atoms with van der Waals surface area (Å²) in [6.07, 6.45) is 0.773. The lowest BCUT2D eigenvalue weighted by atomic mass is 10.3. The number of nitrogens with one attached hydrogen (secondary N) is 1. The van der Waals surface area contributed by atoms with E-state index in [2.05, 4.69) is 26.2 Å². The summed E-state index contributed by atoms with van der Waals surface area (Å²) in [5.41, 5.74) is 0.980. The summed E-state index contributed by atoms with van der Waals surface area (Å²) in [4.78, 5) is 16.7. The van der Waals surface area contributed by atoms with Crippen molar-refractivity contribution in [2.75, 3.05) is 5.32 Å². The van der Waals surface area contributed by atoms with Crippen LogP contribution in [-0.4, -0.2) is 15.7 Å². The number of nitrogens with zero attached hydrogens (tertiary/aromatic N) is 1. The minimum atomic E-state index is -0.132. The SMILES string of the molecule is CC[C@@H](Br)C(=O)Nc1nc(C)c(C)s1. The Kier molecular flexibility index (Phi) is 4.07. The molecule has 1 heterocycles. The van der Waals surface area contributed by atoms with E-state index in [0.29, 0.717) is 5.13 Å². The molecule has 0 aromatic carbocycles. The summed E-state index contributed by atoms with van der Waals surface area (Å²) in [5.74, 6) is -0.0266. The Hall–Kier alpha value is -0.420. The van der Waals surface area contributed by atoms with Crippen LogP contribution in [0.15, 0.2) is 0 Å². The number of aryl methyl sites for hydroxylation is 2. The van der Waals surface area contributed by atoms with Crippen molar-refractivity contribution in [2.45, 2.75) is 32.0 Å². The molecule has 0 fully saturated rings. The molecule has 0 spiro atoms. The van der Waals surface area contributed by atoms with Crippen molar-refractivity contribution in [2.24, 2.45) is 0 Å². The van der Waals surface area contributed by atoms with Crippen LogP contribution in [-0.2, 0) is 4.79 Å². The number of aromatic nitrogens is 1. The number of carbonyl (C=O) groups excluding carboxylic acids is 1. The minimum absolute atomic E-state index is 0.0266. The first-order valence-electron chi connectivity index (χ1n) is 4.43. The zero-order chi connectivity index (χ0) is 10.7. The van der Waals surface area contributed by atoms with Crippen LogP contribution in [0.2, 0.25) is 0 Å². The summed E-state index contributed by atoms with van der Waals surface area (Å²) in [6, 6.07) is 0. The maximum absolute atomic E-state index is 11.5. The van der Waals surface area contributed by atoms with Gasteiger partial charge in [-0.2, -0.15) is 0 Å². The average molecular weight is 277 g/mol. The molecule has 0 unspecified atom stereocenters. The van der Waals surface area contributed by atoms with Gasteiger partial charge >= 0.3 is 0 Å². The molecule has 5 heteroatoms. The van der Waals surface area contributed by atoms with Crippen molar-refractivity contribution in [1.82, 2.24) is 4.98 Å². The number of halogens is 1. The van der Waals surface area contributed by atoms with Crippen molar-refractivity contribution in [3.63, 3.8) is 0 Å². The zero-order valence-corrected chi connectivity index (χ0v) is 10.8. The molecule has 0 aliphatic carbocycles. The highest BCUT2D eigenvalue weighted by atomic mass is 79.9. The zero-order valence-electron chi connectivity index (χ0n) is 8.43. The predicted octanol–water partition coefficient (Wildman–Crippen LogP) is 2.87. The van der Waals surface area contributed by atoms with Crippen LogP contribution in [0, 0.1) is 13.8 Å². The molecule has 1 N–H and O–H groups in total. The largest absolute Gasteiger partial charge is 0.301 e. The van der Waals surface area contributed by atoms with Crippen LogP contribution in [0.5, 0.6) is 0 Å². The number of anilines is 1. The number of amides is 1. The normalized spacial score (nSPS) is 12.6. The fraction of sp³-hybridized carbons (Fsp3) is 0.556. The van der Waals surface area contributed by atoms with Crippen molar-refractivity contribution in [3.8, 4) is 0 Å². The number of carbonyl (C=O) groups is 1. The van der Waals surface area contributed by atoms with E-state index in [-0.39, 0.29) is 10.7 Å². The van der Waals surface area contributed by atoms with Gasteiger partial charge in [-0.1, -0.05) is 22.9 Å². The van der Waals surface area contributed by atoms with Gasteiger partial charge in [0.1, 0.15) is 0 Å². The second-order valence-corrected chi connectivity index (χ2v) is 5.33. The maximum Gasteiger partial charge on any atom is 0.239 e. The van der Waals surface area contributed by atoms with Gasteiger partial charge in [0.2, 0.25) is 5.91 Å². The molecule has 3 nitrogen and oxygen atoms in total. The monoisotopic (exact) mass is 276 g/mol. The summed E-state index contributed by atoms with van der Waals surface area (Å²) in [5, 5.41) is 3.46. The Morgan fingerprint density at radius 2 is 2.29 bits per heavy atom. The third kappa shape index (κ3) is 2.78. The Balaban J connectivity index is 2.65. The molecule has 0 saturated heterocycles.